The molecule has 1 unspecified atom stereocenters. The van der Waals surface area contributed by atoms with Gasteiger partial charge in [-0.15, -0.1) is 0 Å². The van der Waals surface area contributed by atoms with E-state index in [-0.39, 0.29) is 5.41 Å². The number of hydrogen-bond acceptors (Lipinski definition) is 1. The third kappa shape index (κ3) is 4.48. The SMILES string of the molecule is CC1(c2ccccc2)c2ccccc2-c2cc(N(c3ccc4c5ccccc5c5ccccc5c4c3)c3cccc4c3C3(c5ccccc5-c5ccccc53)c3ccccc3-4)ccc21. The lowest BCUT2D eigenvalue weighted by Gasteiger charge is -2.36. The third-order valence-electron chi connectivity index (χ3n) is 15.1. The molecular formula is C63H41N. The van der Waals surface area contributed by atoms with E-state index in [0.717, 1.165) is 11.4 Å². The van der Waals surface area contributed by atoms with Crippen LogP contribution in [0.15, 0.2) is 231 Å². The lowest BCUT2D eigenvalue weighted by molar-refractivity contribution is 0.714. The summed E-state index contributed by atoms with van der Waals surface area (Å²) in [6, 6.07) is 86.8. The van der Waals surface area contributed by atoms with Gasteiger partial charge in [0.2, 0.25) is 0 Å². The van der Waals surface area contributed by atoms with Crippen molar-refractivity contribution in [2.75, 3.05) is 4.90 Å². The molecule has 14 rings (SSSR count). The largest absolute Gasteiger partial charge is 0.310 e. The fourth-order valence-electron chi connectivity index (χ4n) is 12.5. The molecule has 0 bridgehead atoms. The van der Waals surface area contributed by atoms with Crippen LogP contribution in [0.2, 0.25) is 0 Å². The van der Waals surface area contributed by atoms with Crippen molar-refractivity contribution in [1.82, 2.24) is 0 Å². The summed E-state index contributed by atoms with van der Waals surface area (Å²) < 4.78 is 0. The molecule has 0 heterocycles. The van der Waals surface area contributed by atoms with Gasteiger partial charge in [-0.1, -0.05) is 200 Å². The molecule has 1 atom stereocenters. The molecule has 0 saturated heterocycles. The minimum atomic E-state index is -0.525. The highest BCUT2D eigenvalue weighted by Crippen LogP contribution is 2.65. The molecule has 0 amide bonds. The van der Waals surface area contributed by atoms with E-state index >= 15 is 0 Å². The molecule has 1 heteroatoms. The normalized spacial score (nSPS) is 15.8. The molecular weight excluding hydrogens is 771 g/mol. The molecule has 0 radical (unpaired) electrons. The summed E-state index contributed by atoms with van der Waals surface area (Å²) in [5, 5.41) is 7.62. The Morgan fingerprint density at radius 3 is 1.33 bits per heavy atom. The number of anilines is 3. The van der Waals surface area contributed by atoms with Crippen LogP contribution in [0.3, 0.4) is 0 Å². The van der Waals surface area contributed by atoms with E-state index in [9.17, 15) is 0 Å². The van der Waals surface area contributed by atoms with Crippen LogP contribution in [0, 0.1) is 0 Å². The van der Waals surface area contributed by atoms with E-state index in [1.54, 1.807) is 0 Å². The zero-order valence-electron chi connectivity index (χ0n) is 35.4. The van der Waals surface area contributed by atoms with Crippen LogP contribution in [0.1, 0.15) is 45.9 Å². The maximum atomic E-state index is 2.58. The summed E-state index contributed by atoms with van der Waals surface area (Å²) in [5.41, 5.74) is 19.7. The Bertz CT molecular complexity index is 3670. The maximum Gasteiger partial charge on any atom is 0.0746 e. The van der Waals surface area contributed by atoms with E-state index in [2.05, 4.69) is 242 Å². The van der Waals surface area contributed by atoms with Crippen LogP contribution in [0.4, 0.5) is 17.1 Å². The van der Waals surface area contributed by atoms with E-state index in [1.807, 2.05) is 0 Å². The van der Waals surface area contributed by atoms with E-state index in [1.165, 1.54) is 110 Å². The highest BCUT2D eigenvalue weighted by Gasteiger charge is 2.53. The first-order valence-corrected chi connectivity index (χ1v) is 22.5. The zero-order valence-corrected chi connectivity index (χ0v) is 35.4. The molecule has 0 aliphatic heterocycles. The van der Waals surface area contributed by atoms with Gasteiger partial charge >= 0.3 is 0 Å². The Morgan fingerprint density at radius 1 is 0.297 bits per heavy atom. The summed E-state index contributed by atoms with van der Waals surface area (Å²) in [5.74, 6) is 0. The zero-order chi connectivity index (χ0) is 42.1. The first-order chi connectivity index (χ1) is 31.7. The van der Waals surface area contributed by atoms with Gasteiger partial charge in [0.15, 0.2) is 0 Å². The number of fused-ring (bicyclic) bond motifs is 19. The van der Waals surface area contributed by atoms with Crippen molar-refractivity contribution in [3.05, 3.63) is 269 Å². The van der Waals surface area contributed by atoms with E-state index in [4.69, 9.17) is 0 Å². The molecule has 0 fully saturated rings. The summed E-state index contributed by atoms with van der Waals surface area (Å²) in [6.07, 6.45) is 0. The van der Waals surface area contributed by atoms with Gasteiger partial charge in [0, 0.05) is 22.4 Å². The Hall–Kier alpha value is -8.00. The molecule has 1 nitrogen and oxygen atoms in total. The molecule has 0 saturated carbocycles. The molecule has 0 N–H and O–H groups in total. The smallest absolute Gasteiger partial charge is 0.0746 e. The Labute approximate surface area is 373 Å². The number of rotatable bonds is 4. The van der Waals surface area contributed by atoms with Crippen molar-refractivity contribution in [1.29, 1.82) is 0 Å². The second-order valence-corrected chi connectivity index (χ2v) is 18.0. The number of benzene rings is 11. The fraction of sp³-hybridized carbons (Fsp3) is 0.0476. The molecule has 298 valence electrons. The van der Waals surface area contributed by atoms with Crippen molar-refractivity contribution in [3.63, 3.8) is 0 Å². The van der Waals surface area contributed by atoms with Gasteiger partial charge in [0.25, 0.3) is 0 Å². The molecule has 0 aromatic heterocycles. The Balaban J connectivity index is 1.10. The highest BCUT2D eigenvalue weighted by molar-refractivity contribution is 6.26. The van der Waals surface area contributed by atoms with Gasteiger partial charge in [0.1, 0.15) is 0 Å². The van der Waals surface area contributed by atoms with Crippen LogP contribution >= 0.6 is 0 Å². The van der Waals surface area contributed by atoms with Gasteiger partial charge in [-0.2, -0.15) is 0 Å². The molecule has 3 aliphatic rings. The lowest BCUT2D eigenvalue weighted by Crippen LogP contribution is -2.28. The quantitative estimate of drug-likeness (QED) is 0.160. The van der Waals surface area contributed by atoms with Gasteiger partial charge < -0.3 is 4.90 Å². The number of nitrogens with zero attached hydrogens (tertiary/aromatic N) is 1. The van der Waals surface area contributed by atoms with Crippen LogP contribution in [-0.2, 0) is 10.8 Å². The summed E-state index contributed by atoms with van der Waals surface area (Å²) >= 11 is 0. The van der Waals surface area contributed by atoms with Gasteiger partial charge in [-0.25, -0.2) is 0 Å². The third-order valence-corrected chi connectivity index (χ3v) is 15.1. The molecule has 1 spiro atoms. The Kier molecular flexibility index (Phi) is 7.24. The fourth-order valence-corrected chi connectivity index (χ4v) is 12.5. The average Bonchev–Trinajstić information content (AvgIpc) is 3.94. The second kappa shape index (κ2) is 13.0. The van der Waals surface area contributed by atoms with Crippen molar-refractivity contribution in [2.24, 2.45) is 0 Å². The van der Waals surface area contributed by atoms with Crippen LogP contribution in [0.5, 0.6) is 0 Å². The van der Waals surface area contributed by atoms with Crippen LogP contribution in [0.25, 0.3) is 65.7 Å². The molecule has 3 aliphatic carbocycles. The average molecular weight is 812 g/mol. The minimum Gasteiger partial charge on any atom is -0.310 e. The van der Waals surface area contributed by atoms with Crippen LogP contribution in [-0.4, -0.2) is 0 Å². The van der Waals surface area contributed by atoms with Gasteiger partial charge in [-0.3, -0.25) is 0 Å². The molecule has 11 aromatic rings. The van der Waals surface area contributed by atoms with Gasteiger partial charge in [0.05, 0.1) is 11.1 Å². The summed E-state index contributed by atoms with van der Waals surface area (Å²) in [7, 11) is 0. The monoisotopic (exact) mass is 811 g/mol. The number of hydrogen-bond donors (Lipinski definition) is 0. The Morgan fingerprint density at radius 2 is 0.719 bits per heavy atom. The maximum absolute atomic E-state index is 2.58. The van der Waals surface area contributed by atoms with Crippen LogP contribution < -0.4 is 4.90 Å². The predicted molar refractivity (Wildman–Crippen MR) is 267 cm³/mol. The summed E-state index contributed by atoms with van der Waals surface area (Å²) in [4.78, 5) is 2.58. The predicted octanol–water partition coefficient (Wildman–Crippen LogP) is 16.3. The van der Waals surface area contributed by atoms with Crippen molar-refractivity contribution >= 4 is 49.4 Å². The summed E-state index contributed by atoms with van der Waals surface area (Å²) in [6.45, 7) is 2.41. The van der Waals surface area contributed by atoms with E-state index in [0.29, 0.717) is 0 Å². The second-order valence-electron chi connectivity index (χ2n) is 18.0. The van der Waals surface area contributed by atoms with Gasteiger partial charge in [-0.05, 0) is 136 Å². The first-order valence-electron chi connectivity index (χ1n) is 22.5. The highest BCUT2D eigenvalue weighted by atomic mass is 15.1. The minimum absolute atomic E-state index is 0.295. The van der Waals surface area contributed by atoms with Crippen molar-refractivity contribution in [2.45, 2.75) is 17.8 Å². The first kappa shape index (κ1) is 35.6. The van der Waals surface area contributed by atoms with Crippen molar-refractivity contribution < 1.29 is 0 Å². The molecule has 11 aromatic carbocycles. The standard InChI is InChI=1S/C63H41N/c1-62(40-18-3-2-4-19-40)55-29-13-9-27-51(55)54-39-42(35-37-56(54)62)64(41-34-36-47-45-22-6-5-20-43(45)44-21-7-8-23-46(44)53(47)38-41)60-33-17-28-52-50-26-12-16-32-59(50)63(61(52)60)57-30-14-10-24-48(57)49-25-11-15-31-58(49)63/h2-39H,1H3. The lowest BCUT2D eigenvalue weighted by atomic mass is 9.70. The van der Waals surface area contributed by atoms with Crippen molar-refractivity contribution in [3.8, 4) is 33.4 Å². The topological polar surface area (TPSA) is 3.24 Å². The molecule has 64 heavy (non-hydrogen) atoms. The van der Waals surface area contributed by atoms with E-state index < -0.39 is 5.41 Å².